The lowest BCUT2D eigenvalue weighted by Crippen LogP contribution is -2.31. The number of hydrogen-bond donors (Lipinski definition) is 0. The van der Waals surface area contributed by atoms with Gasteiger partial charge in [0.2, 0.25) is 0 Å². The minimum atomic E-state index is -0.676. The summed E-state index contributed by atoms with van der Waals surface area (Å²) >= 11 is 1.64. The average molecular weight is 391 g/mol. The number of rotatable bonds is 4. The van der Waals surface area contributed by atoms with Crippen LogP contribution in [0, 0.1) is 11.3 Å². The fourth-order valence-electron chi connectivity index (χ4n) is 3.69. The summed E-state index contributed by atoms with van der Waals surface area (Å²) in [6, 6.07) is -0.676. The highest BCUT2D eigenvalue weighted by atomic mass is 32.1. The Morgan fingerprint density at radius 3 is 2.74 bits per heavy atom. The first kappa shape index (κ1) is 20.1. The average Bonchev–Trinajstić information content (AvgIpc) is 2.99. The van der Waals surface area contributed by atoms with Crippen LogP contribution in [0.3, 0.4) is 0 Å². The molecule has 1 aliphatic carbocycles. The van der Waals surface area contributed by atoms with E-state index in [-0.39, 0.29) is 23.0 Å². The maximum Gasteiger partial charge on any atom is 0.329 e. The van der Waals surface area contributed by atoms with Gasteiger partial charge in [-0.2, -0.15) is 0 Å². The first-order valence-electron chi connectivity index (χ1n) is 9.85. The molecule has 0 unspecified atom stereocenters. The van der Waals surface area contributed by atoms with Gasteiger partial charge >= 0.3 is 5.97 Å². The standard InChI is InChI=1S/C21H30N2O3S/c1-7-12(2)26-20(25)13(3)23-11-22-18-17(19(23)24)15-9-8-14(21(4,5)6)10-16(15)27-18/h11-14H,7-10H2,1-6H3/t12-,13+,14-/m1/s1. The summed E-state index contributed by atoms with van der Waals surface area (Å²) in [6.07, 6.45) is 5.08. The number of ether oxygens (including phenoxy) is 1. The molecule has 0 fully saturated rings. The first-order chi connectivity index (χ1) is 12.6. The van der Waals surface area contributed by atoms with E-state index in [4.69, 9.17) is 4.74 Å². The van der Waals surface area contributed by atoms with Gasteiger partial charge in [-0.1, -0.05) is 27.7 Å². The number of thiophene rings is 1. The second-order valence-corrected chi connectivity index (χ2v) is 9.86. The Morgan fingerprint density at radius 1 is 1.41 bits per heavy atom. The van der Waals surface area contributed by atoms with Crippen LogP contribution in [0.15, 0.2) is 11.1 Å². The van der Waals surface area contributed by atoms with Crippen molar-refractivity contribution in [3.63, 3.8) is 0 Å². The van der Waals surface area contributed by atoms with E-state index in [0.29, 0.717) is 11.3 Å². The number of carbonyl (C=O) groups excluding carboxylic acids is 1. The zero-order valence-corrected chi connectivity index (χ0v) is 18.0. The fourth-order valence-corrected chi connectivity index (χ4v) is 4.95. The molecule has 2 heterocycles. The topological polar surface area (TPSA) is 61.2 Å². The van der Waals surface area contributed by atoms with Gasteiger partial charge in [0.05, 0.1) is 17.8 Å². The molecule has 0 radical (unpaired) electrons. The van der Waals surface area contributed by atoms with Gasteiger partial charge in [-0.3, -0.25) is 9.36 Å². The predicted molar refractivity (Wildman–Crippen MR) is 109 cm³/mol. The van der Waals surface area contributed by atoms with E-state index in [0.717, 1.165) is 36.1 Å². The van der Waals surface area contributed by atoms with Crippen LogP contribution in [0.2, 0.25) is 0 Å². The SMILES string of the molecule is CC[C@@H](C)OC(=O)[C@H](C)n1cnc2sc3c(c2c1=O)CC[C@@H](C(C)(C)C)C3. The molecule has 3 rings (SSSR count). The van der Waals surface area contributed by atoms with E-state index >= 15 is 0 Å². The van der Waals surface area contributed by atoms with Crippen molar-refractivity contribution >= 4 is 27.5 Å². The third-order valence-electron chi connectivity index (χ3n) is 5.87. The molecule has 2 aromatic heterocycles. The summed E-state index contributed by atoms with van der Waals surface area (Å²) in [5, 5.41) is 0.702. The first-order valence-corrected chi connectivity index (χ1v) is 10.7. The Balaban J connectivity index is 1.97. The molecule has 148 valence electrons. The maximum absolute atomic E-state index is 13.2. The van der Waals surface area contributed by atoms with E-state index in [1.807, 2.05) is 13.8 Å². The van der Waals surface area contributed by atoms with Crippen LogP contribution < -0.4 is 5.56 Å². The zero-order chi connectivity index (χ0) is 19.9. The van der Waals surface area contributed by atoms with E-state index < -0.39 is 6.04 Å². The molecule has 0 saturated carbocycles. The minimum absolute atomic E-state index is 0.125. The minimum Gasteiger partial charge on any atom is -0.461 e. The van der Waals surface area contributed by atoms with Crippen LogP contribution in [-0.4, -0.2) is 21.6 Å². The van der Waals surface area contributed by atoms with Gasteiger partial charge in [0.1, 0.15) is 10.9 Å². The Morgan fingerprint density at radius 2 is 2.11 bits per heavy atom. The third-order valence-corrected chi connectivity index (χ3v) is 7.03. The van der Waals surface area contributed by atoms with Crippen molar-refractivity contribution < 1.29 is 9.53 Å². The fraction of sp³-hybridized carbons (Fsp3) is 0.667. The Labute approximate surface area is 164 Å². The second-order valence-electron chi connectivity index (χ2n) is 8.78. The molecule has 1 aliphatic rings. The van der Waals surface area contributed by atoms with Crippen molar-refractivity contribution in [2.75, 3.05) is 0 Å². The highest BCUT2D eigenvalue weighted by Gasteiger charge is 2.32. The number of hydrogen-bond acceptors (Lipinski definition) is 5. The summed E-state index contributed by atoms with van der Waals surface area (Å²) < 4.78 is 6.83. The molecule has 0 aromatic carbocycles. The quantitative estimate of drug-likeness (QED) is 0.721. The molecule has 0 aliphatic heterocycles. The number of aromatic nitrogens is 2. The number of fused-ring (bicyclic) bond motifs is 3. The van der Waals surface area contributed by atoms with E-state index in [2.05, 4.69) is 25.8 Å². The lowest BCUT2D eigenvalue weighted by Gasteiger charge is -2.33. The molecule has 6 heteroatoms. The largest absolute Gasteiger partial charge is 0.461 e. The van der Waals surface area contributed by atoms with Crippen molar-refractivity contribution in [3.05, 3.63) is 27.1 Å². The molecular formula is C21H30N2O3S. The van der Waals surface area contributed by atoms with Crippen molar-refractivity contribution in [1.82, 2.24) is 9.55 Å². The Kier molecular flexibility index (Phi) is 5.48. The molecule has 2 aromatic rings. The monoisotopic (exact) mass is 390 g/mol. The van der Waals surface area contributed by atoms with Gasteiger partial charge in [-0.05, 0) is 56.4 Å². The molecule has 5 nitrogen and oxygen atoms in total. The van der Waals surface area contributed by atoms with Crippen molar-refractivity contribution in [2.45, 2.75) is 79.4 Å². The van der Waals surface area contributed by atoms with Crippen LogP contribution >= 0.6 is 11.3 Å². The molecule has 0 N–H and O–H groups in total. The third kappa shape index (κ3) is 3.82. The molecule has 27 heavy (non-hydrogen) atoms. The normalized spacial score (nSPS) is 19.6. The summed E-state index contributed by atoms with van der Waals surface area (Å²) in [7, 11) is 0. The van der Waals surface area contributed by atoms with Crippen LogP contribution in [-0.2, 0) is 22.4 Å². The second kappa shape index (κ2) is 7.38. The molecule has 0 bridgehead atoms. The smallest absolute Gasteiger partial charge is 0.329 e. The van der Waals surface area contributed by atoms with Crippen molar-refractivity contribution in [1.29, 1.82) is 0 Å². The highest BCUT2D eigenvalue weighted by Crippen LogP contribution is 2.42. The van der Waals surface area contributed by atoms with Crippen molar-refractivity contribution in [2.24, 2.45) is 11.3 Å². The summed E-state index contributed by atoms with van der Waals surface area (Å²) in [5.41, 5.74) is 1.28. The van der Waals surface area contributed by atoms with Gasteiger partial charge in [-0.25, -0.2) is 9.78 Å². The summed E-state index contributed by atoms with van der Waals surface area (Å²) in [5.74, 6) is 0.231. The zero-order valence-electron chi connectivity index (χ0n) is 17.2. The predicted octanol–water partition coefficient (Wildman–Crippen LogP) is 4.51. The number of esters is 1. The molecule has 0 saturated heterocycles. The van der Waals surface area contributed by atoms with Crippen LogP contribution in [0.1, 0.15) is 70.9 Å². The highest BCUT2D eigenvalue weighted by molar-refractivity contribution is 7.18. The lowest BCUT2D eigenvalue weighted by atomic mass is 9.72. The number of nitrogens with zero attached hydrogens (tertiary/aromatic N) is 2. The van der Waals surface area contributed by atoms with Crippen LogP contribution in [0.5, 0.6) is 0 Å². The Bertz CT molecular complexity index is 907. The molecule has 3 atom stereocenters. The van der Waals surface area contributed by atoms with Gasteiger partial charge in [0.15, 0.2) is 0 Å². The molecule has 0 spiro atoms. The van der Waals surface area contributed by atoms with E-state index in [1.165, 1.54) is 15.8 Å². The van der Waals surface area contributed by atoms with Gasteiger partial charge < -0.3 is 4.74 Å². The van der Waals surface area contributed by atoms with Gasteiger partial charge in [0, 0.05) is 4.88 Å². The molecule has 0 amide bonds. The van der Waals surface area contributed by atoms with Gasteiger partial charge in [-0.15, -0.1) is 11.3 Å². The van der Waals surface area contributed by atoms with Gasteiger partial charge in [0.25, 0.3) is 5.56 Å². The maximum atomic E-state index is 13.2. The Hall–Kier alpha value is -1.69. The van der Waals surface area contributed by atoms with E-state index in [1.54, 1.807) is 18.3 Å². The number of aryl methyl sites for hydroxylation is 1. The summed E-state index contributed by atoms with van der Waals surface area (Å²) in [4.78, 5) is 32.1. The molecular weight excluding hydrogens is 360 g/mol. The number of carbonyl (C=O) groups is 1. The van der Waals surface area contributed by atoms with Crippen LogP contribution in [0.4, 0.5) is 0 Å². The van der Waals surface area contributed by atoms with Crippen molar-refractivity contribution in [3.8, 4) is 0 Å². The lowest BCUT2D eigenvalue weighted by molar-refractivity contribution is -0.152. The summed E-state index contributed by atoms with van der Waals surface area (Å²) in [6.45, 7) is 12.4. The van der Waals surface area contributed by atoms with E-state index in [9.17, 15) is 9.59 Å². The van der Waals surface area contributed by atoms with Crippen LogP contribution in [0.25, 0.3) is 10.2 Å².